The fraction of sp³-hybridized carbons (Fsp3) is 0.214. The van der Waals surface area contributed by atoms with Gasteiger partial charge < -0.3 is 18.3 Å². The summed E-state index contributed by atoms with van der Waals surface area (Å²) in [4.78, 5) is 56.5. The number of thioether (sulfide) groups is 4. The van der Waals surface area contributed by atoms with E-state index in [2.05, 4.69) is 56.6 Å². The Balaban J connectivity index is 0.000000157. The third kappa shape index (κ3) is 22.7. The van der Waals surface area contributed by atoms with E-state index in [1.165, 1.54) is 168 Å². The highest BCUT2D eigenvalue weighted by molar-refractivity contribution is 8.02. The quantitative estimate of drug-likeness (QED) is 0.0189. The second kappa shape index (κ2) is 36.2. The predicted octanol–water partition coefficient (Wildman–Crippen LogP) is 12.4. The molecule has 8 heterocycles. The topological polar surface area (TPSA) is 268 Å². The lowest BCUT2D eigenvalue weighted by molar-refractivity contribution is 0.103. The van der Waals surface area contributed by atoms with Crippen molar-refractivity contribution >= 4 is 95.4 Å². The van der Waals surface area contributed by atoms with Crippen molar-refractivity contribution in [3.05, 3.63) is 261 Å². The summed E-state index contributed by atoms with van der Waals surface area (Å²) in [6, 6.07) is 29.4. The Bertz CT molecular complexity index is 4880. The van der Waals surface area contributed by atoms with Crippen LogP contribution in [0.15, 0.2) is 213 Å². The zero-order valence-electron chi connectivity index (χ0n) is 54.8. The van der Waals surface area contributed by atoms with E-state index in [1.807, 2.05) is 70.6 Å². The summed E-state index contributed by atoms with van der Waals surface area (Å²) in [6.07, 6.45) is 15.4. The largest absolute Gasteiger partial charge is 0.309 e. The Hall–Kier alpha value is -9.53. The summed E-state index contributed by atoms with van der Waals surface area (Å²) in [5, 5.41) is 42.0. The van der Waals surface area contributed by atoms with Crippen molar-refractivity contribution in [3.63, 3.8) is 0 Å². The number of hydrogen-bond acceptors (Lipinski definition) is 21. The molecule has 3 unspecified atom stereocenters. The van der Waals surface area contributed by atoms with Crippen LogP contribution in [0.4, 0.5) is 17.6 Å². The van der Waals surface area contributed by atoms with Gasteiger partial charge in [-0.1, -0.05) is 53.1 Å². The third-order valence-electron chi connectivity index (χ3n) is 15.3. The summed E-state index contributed by atoms with van der Waals surface area (Å²) in [6.45, 7) is 2.67. The number of sulfone groups is 1. The zero-order valence-corrected chi connectivity index (χ0v) is 59.7. The summed E-state index contributed by atoms with van der Waals surface area (Å²) >= 11 is 5.12. The average Bonchev–Trinajstić information content (AvgIpc) is 1.68. The number of ketones is 4. The van der Waals surface area contributed by atoms with Crippen LogP contribution in [-0.4, -0.2) is 134 Å². The molecule has 2 saturated heterocycles. The van der Waals surface area contributed by atoms with Crippen LogP contribution in [0.5, 0.6) is 0 Å². The normalized spacial score (nSPS) is 16.2. The van der Waals surface area contributed by atoms with Crippen LogP contribution in [0.25, 0.3) is 11.4 Å². The van der Waals surface area contributed by atoms with Crippen LogP contribution >= 0.6 is 47.0 Å². The molecule has 0 saturated carbocycles. The van der Waals surface area contributed by atoms with Gasteiger partial charge in [-0.15, -0.1) is 40.8 Å². The second-order valence-electron chi connectivity index (χ2n) is 22.8. The maximum atomic E-state index is 12.9. The van der Waals surface area contributed by atoms with Gasteiger partial charge in [0.1, 0.15) is 41.2 Å². The van der Waals surface area contributed by atoms with Gasteiger partial charge in [-0.3, -0.25) is 33.4 Å². The molecule has 6 aromatic heterocycles. The van der Waals surface area contributed by atoms with E-state index in [1.54, 1.807) is 46.6 Å². The number of halogens is 4. The maximum Gasteiger partial charge on any atom is 0.195 e. The smallest absolute Gasteiger partial charge is 0.195 e. The van der Waals surface area contributed by atoms with Crippen LogP contribution in [0.2, 0.25) is 0 Å². The van der Waals surface area contributed by atoms with E-state index in [9.17, 15) is 49.4 Å². The van der Waals surface area contributed by atoms with Gasteiger partial charge in [-0.05, 0) is 208 Å². The van der Waals surface area contributed by atoms with Crippen molar-refractivity contribution in [2.24, 2.45) is 27.1 Å². The molecule has 21 nitrogen and oxygen atoms in total. The number of benzene rings is 4. The van der Waals surface area contributed by atoms with E-state index in [0.717, 1.165) is 41.3 Å². The highest BCUT2D eigenvalue weighted by atomic mass is 32.2. The van der Waals surface area contributed by atoms with E-state index < -0.39 is 19.4 Å². The molecule has 12 rings (SSSR count). The van der Waals surface area contributed by atoms with E-state index >= 15 is 0 Å². The number of aromatic nitrogens is 14. The molecule has 101 heavy (non-hydrogen) atoms. The molecule has 0 spiro atoms. The van der Waals surface area contributed by atoms with E-state index in [0.29, 0.717) is 79.6 Å². The third-order valence-corrected chi connectivity index (χ3v) is 22.4. The molecule has 0 bridgehead atoms. The van der Waals surface area contributed by atoms with Gasteiger partial charge in [0.15, 0.2) is 59.4 Å². The Labute approximate surface area is 597 Å². The summed E-state index contributed by atoms with van der Waals surface area (Å²) in [5.41, 5.74) is 4.62. The molecule has 0 amide bonds. The minimum absolute atomic E-state index is 0.0799. The van der Waals surface area contributed by atoms with Gasteiger partial charge >= 0.3 is 0 Å². The SMILES string of the molecule is C=S1(=O)CCC(c2nnc(S/C=C/C(=O)c3ccc(F)cc3)n2C)C1.Cc1cncc(-c2nnc(S/C=C/C(=O)c3ccc(F)cc3)n2C)c1.Cn1c(CC2CCS(=O)(=O)C2)nnc1S/C=C/C(=O)c1ccc(F)cc1.O=C(/C=C/Sc1nncn1CCc1ccccn1)c1ccc(F)cc1. The van der Waals surface area contributed by atoms with Crippen molar-refractivity contribution in [2.45, 2.75) is 65.7 Å². The van der Waals surface area contributed by atoms with Crippen molar-refractivity contribution in [1.29, 1.82) is 0 Å². The van der Waals surface area contributed by atoms with E-state index in [4.69, 9.17) is 0 Å². The van der Waals surface area contributed by atoms with Crippen LogP contribution < -0.4 is 0 Å². The molecular weight excluding hydrogens is 1420 g/mol. The van der Waals surface area contributed by atoms with E-state index in [-0.39, 0.29) is 69.7 Å². The Morgan fingerprint density at radius 3 is 1.50 bits per heavy atom. The standard InChI is InChI=1S/2C18H15FN4OS.C17H18FN3O3S2.C17H18FN3O2S2/c1-12-9-14(11-20-10-12)17-21-22-18(23(17)2)25-8-7-16(24)13-3-5-15(19)6-4-13;19-15-6-4-14(5-7-15)17(24)9-12-25-18-22-21-13-23(18)11-8-16-3-1-2-10-20-16;1-21-16(10-12-7-9-26(23,24)11-12)19-20-17(21)25-8-6-15(22)13-2-4-14(18)5-3-13;1-21-16(13-8-10-25(2,23)11-13)19-20-17(21)24-9-7-15(22)12-3-5-14(18)6-4-12/h3-11H,1-2H3;1-7,9-10,12-13H,8,11H2;2-6,8,12H,7,9-11H2,1H3;3-7,9,13H,2,8,10-11H2,1H3/b8-7+;12-9+;8-6+;9-7+. The molecule has 0 aliphatic carbocycles. The maximum absolute atomic E-state index is 12.9. The number of carbonyl (C=O) groups is 4. The molecule has 522 valence electrons. The zero-order chi connectivity index (χ0) is 72.1. The number of aryl methyl sites for hydroxylation is 3. The lowest BCUT2D eigenvalue weighted by Crippen LogP contribution is -2.11. The monoisotopic (exact) mass is 1480 g/mol. The fourth-order valence-electron chi connectivity index (χ4n) is 9.88. The first kappa shape index (κ1) is 75.7. The molecule has 0 N–H and O–H groups in total. The molecular formula is C70H66F4N14O7S6. The van der Waals surface area contributed by atoms with Crippen LogP contribution in [-0.2, 0) is 59.9 Å². The molecule has 2 aliphatic rings. The van der Waals surface area contributed by atoms with Gasteiger partial charge in [0.2, 0.25) is 0 Å². The molecule has 4 aromatic carbocycles. The van der Waals surface area contributed by atoms with Gasteiger partial charge in [-0.2, -0.15) is 0 Å². The van der Waals surface area contributed by atoms with Crippen molar-refractivity contribution in [1.82, 2.24) is 69.0 Å². The van der Waals surface area contributed by atoms with Gasteiger partial charge in [-0.25, -0.2) is 26.0 Å². The number of pyridine rings is 2. The Morgan fingerprint density at radius 1 is 0.554 bits per heavy atom. The highest BCUT2D eigenvalue weighted by Gasteiger charge is 2.31. The summed E-state index contributed by atoms with van der Waals surface area (Å²) in [5.74, 6) is 5.51. The highest BCUT2D eigenvalue weighted by Crippen LogP contribution is 2.31. The van der Waals surface area contributed by atoms with Gasteiger partial charge in [0.25, 0.3) is 0 Å². The lowest BCUT2D eigenvalue weighted by Gasteiger charge is -2.07. The molecule has 2 aliphatic heterocycles. The van der Waals surface area contributed by atoms with Gasteiger partial charge in [0, 0.05) is 110 Å². The van der Waals surface area contributed by atoms with Crippen molar-refractivity contribution < 1.29 is 49.4 Å². The summed E-state index contributed by atoms with van der Waals surface area (Å²) in [7, 11) is 0.635. The van der Waals surface area contributed by atoms with Crippen LogP contribution in [0.3, 0.4) is 0 Å². The van der Waals surface area contributed by atoms with Crippen molar-refractivity contribution in [3.8, 4) is 11.4 Å². The number of hydrogen-bond donors (Lipinski definition) is 0. The molecule has 31 heteroatoms. The lowest BCUT2D eigenvalue weighted by atomic mass is 10.1. The minimum Gasteiger partial charge on any atom is -0.309 e. The van der Waals surface area contributed by atoms with Crippen molar-refractivity contribution in [2.75, 3.05) is 23.0 Å². The second-order valence-corrected chi connectivity index (χ2v) is 31.2. The predicted molar refractivity (Wildman–Crippen MR) is 385 cm³/mol. The molecule has 2 fully saturated rings. The van der Waals surface area contributed by atoms with Crippen LogP contribution in [0, 0.1) is 36.1 Å². The minimum atomic E-state index is -2.91. The first-order valence-corrected chi connectivity index (χ1v) is 38.3. The first-order valence-electron chi connectivity index (χ1n) is 30.9. The Morgan fingerprint density at radius 2 is 1.04 bits per heavy atom. The Kier molecular flexibility index (Phi) is 27.1. The molecule has 10 aromatic rings. The number of rotatable bonds is 23. The average molecular weight is 1480 g/mol. The number of nitrogens with zero attached hydrogens (tertiary/aromatic N) is 14. The molecule has 0 radical (unpaired) electrons. The van der Waals surface area contributed by atoms with Gasteiger partial charge in [0.05, 0.1) is 11.5 Å². The number of allylic oxidation sites excluding steroid dienone is 4. The number of carbonyl (C=O) groups excluding carboxylic acids is 4. The van der Waals surface area contributed by atoms with Crippen LogP contribution in [0.1, 0.15) is 83.1 Å². The fourth-order valence-corrected chi connectivity index (χ4v) is 16.3. The summed E-state index contributed by atoms with van der Waals surface area (Å²) < 4.78 is 94.1. The molecule has 3 atom stereocenters. The first-order chi connectivity index (χ1) is 48.5.